The van der Waals surface area contributed by atoms with Crippen LogP contribution in [0.25, 0.3) is 0 Å². The summed E-state index contributed by atoms with van der Waals surface area (Å²) >= 11 is 0. The second-order valence-corrected chi connectivity index (χ2v) is 11.7. The first-order valence-corrected chi connectivity index (χ1v) is 17.7. The fourth-order valence-electron chi connectivity index (χ4n) is 4.59. The molecule has 0 saturated carbocycles. The van der Waals surface area contributed by atoms with E-state index in [1.165, 1.54) is 122 Å². The Balaban J connectivity index is 0. The minimum Gasteiger partial charge on any atom is -0.481 e. The summed E-state index contributed by atoms with van der Waals surface area (Å²) in [4.78, 5) is 42.8. The quantitative estimate of drug-likeness (QED) is 0.0442. The zero-order chi connectivity index (χ0) is 32.9. The monoisotopic (exact) mass is 626 g/mol. The maximum atomic E-state index is 11.2. The number of hydrogen-bond acceptors (Lipinski definition) is 6. The van der Waals surface area contributed by atoms with Crippen molar-refractivity contribution in [3.8, 4) is 0 Å². The third-order valence-electron chi connectivity index (χ3n) is 7.33. The predicted molar refractivity (Wildman–Crippen MR) is 178 cm³/mol. The fraction of sp³-hybridized carbons (Fsp3) is 0.833. The summed E-state index contributed by atoms with van der Waals surface area (Å²) in [5.41, 5.74) is 0. The maximum Gasteiger partial charge on any atom is 0.306 e. The Morgan fingerprint density at radius 1 is 0.455 bits per heavy atom. The lowest BCUT2D eigenvalue weighted by Gasteiger charge is -2.04. The number of ether oxygens (including phenoxy) is 2. The van der Waals surface area contributed by atoms with Crippen molar-refractivity contribution >= 4 is 23.9 Å². The van der Waals surface area contributed by atoms with Gasteiger partial charge in [0.15, 0.2) is 0 Å². The van der Waals surface area contributed by atoms with Gasteiger partial charge in [-0.05, 0) is 19.3 Å². The van der Waals surface area contributed by atoms with Crippen LogP contribution in [0.5, 0.6) is 0 Å². The second kappa shape index (κ2) is 36.8. The van der Waals surface area contributed by atoms with E-state index in [1.807, 2.05) is 12.2 Å². The van der Waals surface area contributed by atoms with E-state index < -0.39 is 23.9 Å². The molecule has 0 rings (SSSR count). The molecule has 0 fully saturated rings. The van der Waals surface area contributed by atoms with E-state index in [1.54, 1.807) is 0 Å². The molecule has 0 aromatic carbocycles. The van der Waals surface area contributed by atoms with Gasteiger partial charge in [-0.25, -0.2) is 0 Å². The lowest BCUT2D eigenvalue weighted by atomic mass is 10.0. The molecule has 0 aromatic heterocycles. The zero-order valence-electron chi connectivity index (χ0n) is 28.3. The number of allylic oxidation sites excluding steroid dienone is 1. The highest BCUT2D eigenvalue weighted by atomic mass is 16.5. The molecule has 8 heteroatoms. The van der Waals surface area contributed by atoms with Gasteiger partial charge in [-0.3, -0.25) is 19.2 Å². The molecule has 0 aliphatic carbocycles. The van der Waals surface area contributed by atoms with Crippen molar-refractivity contribution in [3.05, 3.63) is 12.2 Å². The van der Waals surface area contributed by atoms with Crippen LogP contribution in [0.1, 0.15) is 181 Å². The van der Waals surface area contributed by atoms with E-state index in [4.69, 9.17) is 19.7 Å². The van der Waals surface area contributed by atoms with E-state index in [-0.39, 0.29) is 32.3 Å². The number of carboxylic acids is 2. The first-order valence-electron chi connectivity index (χ1n) is 17.7. The van der Waals surface area contributed by atoms with Gasteiger partial charge >= 0.3 is 23.9 Å². The Kier molecular flexibility index (Phi) is 36.6. The molecular weight excluding hydrogens is 560 g/mol. The summed E-state index contributed by atoms with van der Waals surface area (Å²) < 4.78 is 9.87. The molecule has 0 atom stereocenters. The lowest BCUT2D eigenvalue weighted by Crippen LogP contribution is -2.08. The summed E-state index contributed by atoms with van der Waals surface area (Å²) in [5, 5.41) is 16.9. The van der Waals surface area contributed by atoms with Crippen LogP contribution >= 0.6 is 0 Å². The molecule has 0 amide bonds. The molecule has 0 unspecified atom stereocenters. The summed E-state index contributed by atoms with van der Waals surface area (Å²) in [7, 11) is 0. The molecule has 0 aliphatic rings. The van der Waals surface area contributed by atoms with Crippen LogP contribution < -0.4 is 0 Å². The Labute approximate surface area is 268 Å². The third-order valence-corrected chi connectivity index (χ3v) is 7.33. The van der Waals surface area contributed by atoms with Gasteiger partial charge in [0, 0.05) is 0 Å². The molecule has 0 bridgehead atoms. The topological polar surface area (TPSA) is 127 Å². The first-order chi connectivity index (χ1) is 21.3. The highest BCUT2D eigenvalue weighted by molar-refractivity contribution is 5.77. The minimum atomic E-state index is -0.976. The molecule has 0 heterocycles. The van der Waals surface area contributed by atoms with Gasteiger partial charge in [-0.15, -0.1) is 0 Å². The third kappa shape index (κ3) is 41.8. The molecule has 0 radical (unpaired) electrons. The number of unbranched alkanes of at least 4 members (excludes halogenated alkanes) is 20. The summed E-state index contributed by atoms with van der Waals surface area (Å²) in [6, 6.07) is 0. The Morgan fingerprint density at radius 3 is 1.23 bits per heavy atom. The van der Waals surface area contributed by atoms with Gasteiger partial charge in [0.2, 0.25) is 0 Å². The van der Waals surface area contributed by atoms with Crippen LogP contribution in [0.3, 0.4) is 0 Å². The number of carbonyl (C=O) groups excluding carboxylic acids is 2. The van der Waals surface area contributed by atoms with Crippen molar-refractivity contribution in [2.24, 2.45) is 0 Å². The summed E-state index contributed by atoms with van der Waals surface area (Å²) in [6.45, 7) is 5.15. The summed E-state index contributed by atoms with van der Waals surface area (Å²) in [5.74, 6) is -2.78. The minimum absolute atomic E-state index is 0.0199. The molecule has 2 N–H and O–H groups in total. The molecule has 0 aromatic rings. The Morgan fingerprint density at radius 2 is 0.818 bits per heavy atom. The standard InChI is InChI=1S/C20H38O4.C16H28O4/c1-2-3-4-5-6-7-8-9-10-11-12-13-14-15-18-24-20(23)17-16-19(21)22;1-2-3-4-5-6-7-8-9-10-11-14-20-16(19)13-12-15(17)18/h2-18H2,1H3,(H,21,22);10-11H,2-9,12-14H2,1H3,(H,17,18). The van der Waals surface area contributed by atoms with Crippen LogP contribution in [0.2, 0.25) is 0 Å². The number of aliphatic carboxylic acids is 2. The van der Waals surface area contributed by atoms with Gasteiger partial charge in [0.05, 0.1) is 32.3 Å². The molecule has 258 valence electrons. The van der Waals surface area contributed by atoms with Gasteiger partial charge in [-0.1, -0.05) is 148 Å². The van der Waals surface area contributed by atoms with Gasteiger partial charge < -0.3 is 19.7 Å². The number of carboxylic acid groups (broad SMARTS) is 2. The van der Waals surface area contributed by atoms with E-state index in [0.29, 0.717) is 6.61 Å². The van der Waals surface area contributed by atoms with E-state index >= 15 is 0 Å². The highest BCUT2D eigenvalue weighted by Crippen LogP contribution is 2.13. The fourth-order valence-corrected chi connectivity index (χ4v) is 4.59. The molecular formula is C36H66O8. The molecule has 44 heavy (non-hydrogen) atoms. The van der Waals surface area contributed by atoms with Crippen LogP contribution in [-0.2, 0) is 28.7 Å². The zero-order valence-corrected chi connectivity index (χ0v) is 28.3. The molecule has 8 nitrogen and oxygen atoms in total. The normalized spacial score (nSPS) is 10.8. The van der Waals surface area contributed by atoms with Crippen LogP contribution in [0, 0.1) is 0 Å². The molecule has 0 aliphatic heterocycles. The Bertz CT molecular complexity index is 704. The van der Waals surface area contributed by atoms with E-state index in [9.17, 15) is 19.2 Å². The average molecular weight is 627 g/mol. The average Bonchev–Trinajstić information content (AvgIpc) is 3.00. The highest BCUT2D eigenvalue weighted by Gasteiger charge is 2.06. The van der Waals surface area contributed by atoms with Crippen molar-refractivity contribution in [1.29, 1.82) is 0 Å². The van der Waals surface area contributed by atoms with Crippen molar-refractivity contribution in [3.63, 3.8) is 0 Å². The van der Waals surface area contributed by atoms with Gasteiger partial charge in [0.25, 0.3) is 0 Å². The second-order valence-electron chi connectivity index (χ2n) is 11.7. The van der Waals surface area contributed by atoms with Gasteiger partial charge in [0.1, 0.15) is 6.61 Å². The molecule has 0 saturated heterocycles. The van der Waals surface area contributed by atoms with Gasteiger partial charge in [-0.2, -0.15) is 0 Å². The van der Waals surface area contributed by atoms with Crippen molar-refractivity contribution < 1.29 is 38.9 Å². The number of esters is 2. The predicted octanol–water partition coefficient (Wildman–Crippen LogP) is 9.97. The van der Waals surface area contributed by atoms with Crippen LogP contribution in [-0.4, -0.2) is 47.3 Å². The smallest absolute Gasteiger partial charge is 0.306 e. The number of hydrogen-bond donors (Lipinski definition) is 2. The van der Waals surface area contributed by atoms with Crippen molar-refractivity contribution in [2.45, 2.75) is 181 Å². The van der Waals surface area contributed by atoms with Crippen molar-refractivity contribution in [2.75, 3.05) is 13.2 Å². The Hall–Kier alpha value is -2.38. The summed E-state index contributed by atoms with van der Waals surface area (Å²) in [6.07, 6.45) is 31.7. The SMILES string of the molecule is CCCCCCCCCC=CCOC(=O)CCC(=O)O.CCCCCCCCCCCCCCCCOC(=O)CCC(=O)O. The van der Waals surface area contributed by atoms with Crippen LogP contribution in [0.15, 0.2) is 12.2 Å². The number of carbonyl (C=O) groups is 4. The lowest BCUT2D eigenvalue weighted by molar-refractivity contribution is -0.147. The van der Waals surface area contributed by atoms with E-state index in [0.717, 1.165) is 19.3 Å². The largest absolute Gasteiger partial charge is 0.481 e. The van der Waals surface area contributed by atoms with E-state index in [2.05, 4.69) is 13.8 Å². The maximum absolute atomic E-state index is 11.2. The number of rotatable bonds is 31. The van der Waals surface area contributed by atoms with Crippen LogP contribution in [0.4, 0.5) is 0 Å². The first kappa shape index (κ1) is 43.7. The van der Waals surface area contributed by atoms with Crippen molar-refractivity contribution in [1.82, 2.24) is 0 Å². The molecule has 0 spiro atoms.